The van der Waals surface area contributed by atoms with E-state index in [0.29, 0.717) is 0 Å². The maximum atomic E-state index is 2.45. The second kappa shape index (κ2) is 3.37. The van der Waals surface area contributed by atoms with E-state index in [9.17, 15) is 0 Å². The van der Waals surface area contributed by atoms with Crippen molar-refractivity contribution in [3.05, 3.63) is 22.8 Å². The maximum absolute atomic E-state index is 2.45. The van der Waals surface area contributed by atoms with E-state index in [1.54, 1.807) is 16.7 Å². The minimum Gasteiger partial charge on any atom is -0.0687 e. The molecular weight excluding hydrogens is 172 g/mol. The van der Waals surface area contributed by atoms with E-state index in [-0.39, 0.29) is 8.41 Å². The quantitative estimate of drug-likeness (QED) is 0.514. The molecule has 0 aromatic heterocycles. The molecule has 0 N–H and O–H groups in total. The molecule has 2 aliphatic rings. The van der Waals surface area contributed by atoms with Crippen LogP contribution < -0.4 is 0 Å². The van der Waals surface area contributed by atoms with E-state index in [0.717, 1.165) is 0 Å². The largest absolute Gasteiger partial charge is 0.0687 e. The molecule has 0 nitrogen and oxygen atoms in total. The number of allylic oxidation sites excluding steroid dienone is 4. The Kier molecular flexibility index (Phi) is 2.37. The third kappa shape index (κ3) is 1.62. The number of hydrogen-bond donors (Lipinski definition) is 0. The Labute approximate surface area is 82.6 Å². The molecule has 1 heteroatoms. The Morgan fingerprint density at radius 3 is 2.69 bits per heavy atom. The van der Waals surface area contributed by atoms with Crippen LogP contribution in [0.2, 0.25) is 13.1 Å². The van der Waals surface area contributed by atoms with Crippen LogP contribution in [0.15, 0.2) is 22.8 Å². The van der Waals surface area contributed by atoms with Crippen LogP contribution in [0.4, 0.5) is 0 Å². The fraction of sp³-hybridized carbons (Fsp3) is 0.583. The summed E-state index contributed by atoms with van der Waals surface area (Å²) in [5.41, 5.74) is 4.99. The van der Waals surface area contributed by atoms with Crippen molar-refractivity contribution < 1.29 is 0 Å². The van der Waals surface area contributed by atoms with Gasteiger partial charge in [-0.25, -0.2) is 0 Å². The smallest absolute Gasteiger partial charge is 0.00824 e. The van der Waals surface area contributed by atoms with Crippen molar-refractivity contribution in [2.24, 2.45) is 0 Å². The van der Waals surface area contributed by atoms with E-state index >= 15 is 0 Å². The highest BCUT2D eigenvalue weighted by Gasteiger charge is 2.20. The average molecular weight is 190 g/mol. The first-order valence-electron chi connectivity index (χ1n) is 5.24. The molecule has 0 saturated heterocycles. The molecule has 0 fully saturated rings. The molecule has 0 aliphatic heterocycles. The van der Waals surface area contributed by atoms with Gasteiger partial charge in [0.2, 0.25) is 0 Å². The van der Waals surface area contributed by atoms with Crippen LogP contribution in [0.3, 0.4) is 0 Å². The van der Waals surface area contributed by atoms with Gasteiger partial charge in [-0.1, -0.05) is 35.5 Å². The predicted octanol–water partition coefficient (Wildman–Crippen LogP) is 3.33. The minimum atomic E-state index is -0.197. The zero-order chi connectivity index (χ0) is 9.42. The summed E-state index contributed by atoms with van der Waals surface area (Å²) in [5, 5.41) is 1.81. The summed E-state index contributed by atoms with van der Waals surface area (Å²) in [5.74, 6) is 0. The molecule has 0 bridgehead atoms. The Hall–Kier alpha value is -0.433. The molecule has 0 atom stereocenters. The van der Waals surface area contributed by atoms with Crippen molar-refractivity contribution in [3.8, 4) is 0 Å². The lowest BCUT2D eigenvalue weighted by atomic mass is 9.93. The highest BCUT2D eigenvalue weighted by Crippen LogP contribution is 2.34. The topological polar surface area (TPSA) is 0 Å². The molecule has 13 heavy (non-hydrogen) atoms. The van der Waals surface area contributed by atoms with Crippen LogP contribution in [0.1, 0.15) is 32.6 Å². The molecule has 0 radical (unpaired) electrons. The van der Waals surface area contributed by atoms with Gasteiger partial charge in [0.05, 0.1) is 0 Å². The molecule has 0 amide bonds. The Morgan fingerprint density at radius 2 is 2.00 bits per heavy atom. The van der Waals surface area contributed by atoms with E-state index in [4.69, 9.17) is 0 Å². The zero-order valence-electron chi connectivity index (χ0n) is 8.91. The first kappa shape index (κ1) is 9.13. The molecule has 0 heterocycles. The van der Waals surface area contributed by atoms with Crippen molar-refractivity contribution >= 4 is 13.6 Å². The first-order chi connectivity index (χ1) is 6.18. The van der Waals surface area contributed by atoms with Gasteiger partial charge in [0.1, 0.15) is 0 Å². The lowest BCUT2D eigenvalue weighted by Crippen LogP contribution is -2.16. The summed E-state index contributed by atoms with van der Waals surface area (Å²) >= 11 is 0. The van der Waals surface area contributed by atoms with Gasteiger partial charge in [0, 0.05) is 8.41 Å². The van der Waals surface area contributed by atoms with Crippen LogP contribution in [0.5, 0.6) is 0 Å². The highest BCUT2D eigenvalue weighted by molar-refractivity contribution is 6.72. The summed E-state index contributed by atoms with van der Waals surface area (Å²) in [6.07, 6.45) is 7.87. The van der Waals surface area contributed by atoms with Gasteiger partial charge < -0.3 is 0 Å². The van der Waals surface area contributed by atoms with Crippen LogP contribution in [-0.2, 0) is 0 Å². The van der Waals surface area contributed by atoms with Crippen LogP contribution in [0, 0.1) is 0 Å². The van der Waals surface area contributed by atoms with Gasteiger partial charge in [0.25, 0.3) is 0 Å². The Balaban J connectivity index is 2.43. The third-order valence-corrected chi connectivity index (χ3v) is 4.82. The minimum absolute atomic E-state index is 0.197. The number of hydrogen-bond acceptors (Lipinski definition) is 0. The fourth-order valence-corrected chi connectivity index (χ4v) is 3.95. The first-order valence-corrected chi connectivity index (χ1v) is 7.74. The van der Waals surface area contributed by atoms with E-state index in [1.807, 2.05) is 5.17 Å². The van der Waals surface area contributed by atoms with Gasteiger partial charge in [-0.15, -0.1) is 0 Å². The van der Waals surface area contributed by atoms with E-state index < -0.39 is 0 Å². The van der Waals surface area contributed by atoms with Gasteiger partial charge >= 0.3 is 0 Å². The SMILES string of the molecule is CC1=CC2=C(CCCC2=[Si](C)C)C1. The Morgan fingerprint density at radius 1 is 1.23 bits per heavy atom. The lowest BCUT2D eigenvalue weighted by Gasteiger charge is -2.18. The summed E-state index contributed by atoms with van der Waals surface area (Å²) in [6, 6.07) is 0. The third-order valence-electron chi connectivity index (χ3n) is 3.10. The summed E-state index contributed by atoms with van der Waals surface area (Å²) < 4.78 is 0. The van der Waals surface area contributed by atoms with E-state index in [2.05, 4.69) is 26.1 Å². The summed E-state index contributed by atoms with van der Waals surface area (Å²) in [4.78, 5) is 0. The van der Waals surface area contributed by atoms with Crippen molar-refractivity contribution in [1.29, 1.82) is 0 Å². The zero-order valence-corrected chi connectivity index (χ0v) is 9.91. The molecule has 0 spiro atoms. The molecule has 0 aromatic carbocycles. The maximum Gasteiger partial charge on any atom is 0.00824 e. The van der Waals surface area contributed by atoms with E-state index in [1.165, 1.54) is 25.7 Å². The van der Waals surface area contributed by atoms with Gasteiger partial charge in [0.15, 0.2) is 0 Å². The molecule has 0 unspecified atom stereocenters. The second-order valence-electron chi connectivity index (χ2n) is 4.52. The molecule has 70 valence electrons. The van der Waals surface area contributed by atoms with Crippen LogP contribution >= 0.6 is 0 Å². The van der Waals surface area contributed by atoms with Crippen molar-refractivity contribution in [2.75, 3.05) is 0 Å². The van der Waals surface area contributed by atoms with Crippen molar-refractivity contribution in [2.45, 2.75) is 45.7 Å². The molecule has 0 saturated carbocycles. The fourth-order valence-electron chi connectivity index (χ4n) is 2.49. The molecular formula is C12H18Si. The standard InChI is InChI=1S/C12H18Si/c1-9-7-10-5-4-6-12(13(2)3)11(10)8-9/h8H,4-7H2,1-3H3. The van der Waals surface area contributed by atoms with Gasteiger partial charge in [-0.3, -0.25) is 0 Å². The monoisotopic (exact) mass is 190 g/mol. The normalized spacial score (nSPS) is 21.8. The Bertz CT molecular complexity index is 325. The molecule has 2 rings (SSSR count). The van der Waals surface area contributed by atoms with Crippen LogP contribution in [0.25, 0.3) is 0 Å². The molecule has 0 aromatic rings. The molecule has 2 aliphatic carbocycles. The summed E-state index contributed by atoms with van der Waals surface area (Å²) in [6.45, 7) is 7.13. The highest BCUT2D eigenvalue weighted by atomic mass is 28.2. The second-order valence-corrected chi connectivity index (χ2v) is 7.12. The van der Waals surface area contributed by atoms with Crippen LogP contribution in [-0.4, -0.2) is 13.6 Å². The summed E-state index contributed by atoms with van der Waals surface area (Å²) in [7, 11) is -0.197. The number of rotatable bonds is 0. The van der Waals surface area contributed by atoms with Crippen molar-refractivity contribution in [1.82, 2.24) is 0 Å². The lowest BCUT2D eigenvalue weighted by molar-refractivity contribution is 0.817. The predicted molar refractivity (Wildman–Crippen MR) is 61.7 cm³/mol. The van der Waals surface area contributed by atoms with Gasteiger partial charge in [-0.2, -0.15) is 0 Å². The average Bonchev–Trinajstić information content (AvgIpc) is 2.43. The van der Waals surface area contributed by atoms with Gasteiger partial charge in [-0.05, 0) is 38.2 Å². The van der Waals surface area contributed by atoms with Crippen molar-refractivity contribution in [3.63, 3.8) is 0 Å².